The lowest BCUT2D eigenvalue weighted by atomic mass is 10.3. The van der Waals surface area contributed by atoms with E-state index in [0.717, 1.165) is 16.3 Å². The second-order valence-corrected chi connectivity index (χ2v) is 5.74. The molecule has 2 amide bonds. The summed E-state index contributed by atoms with van der Waals surface area (Å²) in [7, 11) is 3.63. The van der Waals surface area contributed by atoms with Crippen LogP contribution in [-0.2, 0) is 13.6 Å². The van der Waals surface area contributed by atoms with Gasteiger partial charge in [-0.2, -0.15) is 5.10 Å². The highest BCUT2D eigenvalue weighted by Gasteiger charge is 2.09. The van der Waals surface area contributed by atoms with Crippen molar-refractivity contribution in [2.45, 2.75) is 11.6 Å². The van der Waals surface area contributed by atoms with E-state index in [1.807, 2.05) is 31.4 Å². The van der Waals surface area contributed by atoms with Gasteiger partial charge in [0.05, 0.1) is 17.8 Å². The van der Waals surface area contributed by atoms with Crippen molar-refractivity contribution >= 4 is 17.8 Å². The lowest BCUT2D eigenvalue weighted by molar-refractivity contribution is 0.207. The van der Waals surface area contributed by atoms with Gasteiger partial charge in [0.15, 0.2) is 0 Å². The summed E-state index contributed by atoms with van der Waals surface area (Å²) in [5.41, 5.74) is 1.01. The zero-order valence-corrected chi connectivity index (χ0v) is 13.0. The van der Waals surface area contributed by atoms with Crippen LogP contribution in [0.5, 0.6) is 0 Å². The van der Waals surface area contributed by atoms with Crippen LogP contribution < -0.4 is 5.32 Å². The second-order valence-electron chi connectivity index (χ2n) is 4.63. The largest absolute Gasteiger partial charge is 0.337 e. The number of amides is 2. The van der Waals surface area contributed by atoms with Crippen molar-refractivity contribution in [2.24, 2.45) is 7.05 Å². The molecule has 2 heterocycles. The summed E-state index contributed by atoms with van der Waals surface area (Å²) in [4.78, 5) is 17.8. The Hall–Kier alpha value is -2.02. The summed E-state index contributed by atoms with van der Waals surface area (Å²) < 4.78 is 1.73. The topological polar surface area (TPSA) is 63.1 Å². The SMILES string of the molecule is CN(Cc1cnn(C)c1)C(=O)NCCSc1ccccn1. The number of aromatic nitrogens is 3. The highest BCUT2D eigenvalue weighted by atomic mass is 32.2. The fraction of sp³-hybridized carbons (Fsp3) is 0.357. The number of nitrogens with one attached hydrogen (secondary N) is 1. The van der Waals surface area contributed by atoms with Gasteiger partial charge in [-0.15, -0.1) is 11.8 Å². The molecule has 112 valence electrons. The number of carbonyl (C=O) groups is 1. The molecule has 2 rings (SSSR count). The molecule has 0 aliphatic rings. The number of carbonyl (C=O) groups excluding carboxylic acids is 1. The van der Waals surface area contributed by atoms with E-state index in [4.69, 9.17) is 0 Å². The van der Waals surface area contributed by atoms with E-state index >= 15 is 0 Å². The number of nitrogens with zero attached hydrogens (tertiary/aromatic N) is 4. The van der Waals surface area contributed by atoms with Crippen molar-refractivity contribution in [1.82, 2.24) is 25.0 Å². The van der Waals surface area contributed by atoms with Crippen LogP contribution >= 0.6 is 11.8 Å². The summed E-state index contributed by atoms with van der Waals surface area (Å²) >= 11 is 1.62. The zero-order valence-electron chi connectivity index (χ0n) is 12.2. The Morgan fingerprint density at radius 1 is 1.48 bits per heavy atom. The molecule has 0 aliphatic carbocycles. The second kappa shape index (κ2) is 7.68. The number of urea groups is 1. The lowest BCUT2D eigenvalue weighted by Gasteiger charge is -2.16. The Morgan fingerprint density at radius 3 is 3.00 bits per heavy atom. The molecule has 2 aromatic heterocycles. The van der Waals surface area contributed by atoms with Crippen molar-refractivity contribution in [3.63, 3.8) is 0 Å². The Labute approximate surface area is 128 Å². The Balaban J connectivity index is 1.67. The molecular weight excluding hydrogens is 286 g/mol. The van der Waals surface area contributed by atoms with Crippen LogP contribution in [0.4, 0.5) is 4.79 Å². The molecule has 0 aliphatic heterocycles. The van der Waals surface area contributed by atoms with Gasteiger partial charge in [-0.1, -0.05) is 6.07 Å². The summed E-state index contributed by atoms with van der Waals surface area (Å²) in [6.07, 6.45) is 5.43. The van der Waals surface area contributed by atoms with E-state index in [0.29, 0.717) is 13.1 Å². The first kappa shape index (κ1) is 15.4. The summed E-state index contributed by atoms with van der Waals surface area (Å²) in [6.45, 7) is 1.16. The first-order valence-corrected chi connectivity index (χ1v) is 7.64. The third-order valence-electron chi connectivity index (χ3n) is 2.79. The molecule has 0 saturated heterocycles. The van der Waals surface area contributed by atoms with Crippen LogP contribution in [0, 0.1) is 0 Å². The fourth-order valence-corrected chi connectivity index (χ4v) is 2.50. The quantitative estimate of drug-likeness (QED) is 0.652. The van der Waals surface area contributed by atoms with Gasteiger partial charge in [-0.3, -0.25) is 4.68 Å². The van der Waals surface area contributed by atoms with Crippen LogP contribution in [0.25, 0.3) is 0 Å². The first-order chi connectivity index (χ1) is 10.1. The Bertz CT molecular complexity index is 572. The molecule has 7 heteroatoms. The monoisotopic (exact) mass is 305 g/mol. The van der Waals surface area contributed by atoms with Gasteiger partial charge < -0.3 is 10.2 Å². The molecule has 0 aromatic carbocycles. The lowest BCUT2D eigenvalue weighted by Crippen LogP contribution is -2.37. The van der Waals surface area contributed by atoms with E-state index in [2.05, 4.69) is 15.4 Å². The number of aryl methyl sites for hydroxylation is 1. The minimum absolute atomic E-state index is 0.0829. The van der Waals surface area contributed by atoms with Crippen LogP contribution in [-0.4, -0.2) is 45.0 Å². The van der Waals surface area contributed by atoms with Gasteiger partial charge in [0.25, 0.3) is 0 Å². The molecule has 0 radical (unpaired) electrons. The van der Waals surface area contributed by atoms with Crippen LogP contribution in [0.3, 0.4) is 0 Å². The summed E-state index contributed by atoms with van der Waals surface area (Å²) in [5.74, 6) is 0.795. The minimum Gasteiger partial charge on any atom is -0.337 e. The third kappa shape index (κ3) is 5.11. The number of rotatable bonds is 6. The van der Waals surface area contributed by atoms with Crippen LogP contribution in [0.15, 0.2) is 41.8 Å². The van der Waals surface area contributed by atoms with Crippen LogP contribution in [0.2, 0.25) is 0 Å². The van der Waals surface area contributed by atoms with Crippen molar-refractivity contribution in [3.05, 3.63) is 42.4 Å². The van der Waals surface area contributed by atoms with E-state index in [9.17, 15) is 4.79 Å². The van der Waals surface area contributed by atoms with Gasteiger partial charge in [-0.05, 0) is 12.1 Å². The maximum atomic E-state index is 11.9. The van der Waals surface area contributed by atoms with Crippen molar-refractivity contribution < 1.29 is 4.79 Å². The highest BCUT2D eigenvalue weighted by molar-refractivity contribution is 7.99. The van der Waals surface area contributed by atoms with Gasteiger partial charge >= 0.3 is 6.03 Å². The average molecular weight is 305 g/mol. The molecule has 0 atom stereocenters. The molecule has 1 N–H and O–H groups in total. The molecule has 6 nitrogen and oxygen atoms in total. The molecule has 0 spiro atoms. The van der Waals surface area contributed by atoms with E-state index < -0.39 is 0 Å². The molecule has 0 unspecified atom stereocenters. The normalized spacial score (nSPS) is 10.4. The highest BCUT2D eigenvalue weighted by Crippen LogP contribution is 2.12. The first-order valence-electron chi connectivity index (χ1n) is 6.65. The molecule has 21 heavy (non-hydrogen) atoms. The van der Waals surface area contributed by atoms with Crippen molar-refractivity contribution in [3.8, 4) is 0 Å². The van der Waals surface area contributed by atoms with Gasteiger partial charge in [0.2, 0.25) is 0 Å². The van der Waals surface area contributed by atoms with Crippen LogP contribution in [0.1, 0.15) is 5.56 Å². The number of pyridine rings is 1. The molecule has 0 fully saturated rings. The summed E-state index contributed by atoms with van der Waals surface area (Å²) in [6, 6.07) is 5.72. The summed E-state index contributed by atoms with van der Waals surface area (Å²) in [5, 5.41) is 7.94. The predicted molar refractivity (Wildman–Crippen MR) is 83.0 cm³/mol. The minimum atomic E-state index is -0.0829. The van der Waals surface area contributed by atoms with E-state index in [-0.39, 0.29) is 6.03 Å². The standard InChI is InChI=1S/C14H19N5OS/c1-18(10-12-9-17-19(2)11-12)14(20)16-7-8-21-13-5-3-4-6-15-13/h3-6,9,11H,7-8,10H2,1-2H3,(H,16,20). The maximum Gasteiger partial charge on any atom is 0.317 e. The smallest absolute Gasteiger partial charge is 0.317 e. The number of hydrogen-bond acceptors (Lipinski definition) is 4. The number of thioether (sulfide) groups is 1. The van der Waals surface area contributed by atoms with Gasteiger partial charge in [0, 0.05) is 44.4 Å². The van der Waals surface area contributed by atoms with E-state index in [1.54, 1.807) is 40.8 Å². The number of hydrogen-bond donors (Lipinski definition) is 1. The van der Waals surface area contributed by atoms with Crippen molar-refractivity contribution in [1.29, 1.82) is 0 Å². The zero-order chi connectivity index (χ0) is 15.1. The molecule has 2 aromatic rings. The van der Waals surface area contributed by atoms with E-state index in [1.165, 1.54) is 0 Å². The van der Waals surface area contributed by atoms with Gasteiger partial charge in [-0.25, -0.2) is 9.78 Å². The molecule has 0 saturated carbocycles. The third-order valence-corrected chi connectivity index (χ3v) is 3.74. The molecular formula is C14H19N5OS. The predicted octanol–water partition coefficient (Wildman–Crippen LogP) is 1.75. The van der Waals surface area contributed by atoms with Crippen molar-refractivity contribution in [2.75, 3.05) is 19.3 Å². The fourth-order valence-electron chi connectivity index (χ4n) is 1.78. The van der Waals surface area contributed by atoms with Gasteiger partial charge in [0.1, 0.15) is 0 Å². The maximum absolute atomic E-state index is 11.9. The Kier molecular flexibility index (Phi) is 5.62. The molecule has 0 bridgehead atoms. The average Bonchev–Trinajstić information content (AvgIpc) is 2.89. The Morgan fingerprint density at radius 2 is 2.33 bits per heavy atom.